The van der Waals surface area contributed by atoms with E-state index in [0.717, 1.165) is 33.0 Å². The molecule has 1 unspecified atom stereocenters. The number of amides is 1. The van der Waals surface area contributed by atoms with Gasteiger partial charge in [-0.25, -0.2) is 0 Å². The number of carbonyl (C=O) groups is 1. The molecule has 29 heavy (non-hydrogen) atoms. The fourth-order valence-corrected chi connectivity index (χ4v) is 5.05. The lowest BCUT2D eigenvalue weighted by Crippen LogP contribution is -2.44. The molecular formula is C24H21N3OS. The summed E-state index contributed by atoms with van der Waals surface area (Å²) in [7, 11) is 0. The molecule has 5 rings (SSSR count). The van der Waals surface area contributed by atoms with E-state index in [1.807, 2.05) is 29.2 Å². The molecule has 1 spiro atoms. The van der Waals surface area contributed by atoms with Crippen molar-refractivity contribution in [1.82, 2.24) is 5.43 Å². The van der Waals surface area contributed by atoms with Crippen molar-refractivity contribution in [3.63, 3.8) is 0 Å². The van der Waals surface area contributed by atoms with Crippen LogP contribution in [0.2, 0.25) is 0 Å². The van der Waals surface area contributed by atoms with E-state index in [0.29, 0.717) is 6.54 Å². The Hall–Kier alpha value is -3.05. The number of aryl methyl sites for hydroxylation is 2. The number of hydrazone groups is 1. The number of nitrogens with zero attached hydrogens (tertiary/aromatic N) is 2. The highest BCUT2D eigenvalue weighted by atomic mass is 32.2. The first-order chi connectivity index (χ1) is 14.1. The Balaban J connectivity index is 1.53. The van der Waals surface area contributed by atoms with Gasteiger partial charge in [-0.1, -0.05) is 89.6 Å². The average Bonchev–Trinajstić information content (AvgIpc) is 3.27. The van der Waals surface area contributed by atoms with Crippen LogP contribution < -0.4 is 10.3 Å². The Bertz CT molecular complexity index is 1120. The number of hydrogen-bond donors (Lipinski definition) is 1. The van der Waals surface area contributed by atoms with Gasteiger partial charge in [-0.05, 0) is 25.5 Å². The Kier molecular flexibility index (Phi) is 4.21. The van der Waals surface area contributed by atoms with Gasteiger partial charge in [0.2, 0.25) is 4.87 Å². The number of rotatable bonds is 3. The van der Waals surface area contributed by atoms with Gasteiger partial charge in [-0.2, -0.15) is 5.10 Å². The highest BCUT2D eigenvalue weighted by Crippen LogP contribution is 2.51. The molecule has 0 aromatic heterocycles. The number of carbonyl (C=O) groups excluding carboxylic acids is 1. The molecule has 3 aromatic rings. The summed E-state index contributed by atoms with van der Waals surface area (Å²) in [4.78, 5) is 14.7. The van der Waals surface area contributed by atoms with Crippen molar-refractivity contribution in [1.29, 1.82) is 0 Å². The molecule has 0 aliphatic carbocycles. The minimum Gasteiger partial charge on any atom is -0.304 e. The summed E-state index contributed by atoms with van der Waals surface area (Å²) in [5.74, 6) is 0.0258. The van der Waals surface area contributed by atoms with Gasteiger partial charge in [0.15, 0.2) is 0 Å². The molecule has 1 N–H and O–H groups in total. The van der Waals surface area contributed by atoms with Gasteiger partial charge in [-0.3, -0.25) is 10.2 Å². The predicted molar refractivity (Wildman–Crippen MR) is 119 cm³/mol. The highest BCUT2D eigenvalue weighted by molar-refractivity contribution is 8.16. The van der Waals surface area contributed by atoms with Gasteiger partial charge < -0.3 is 4.90 Å². The van der Waals surface area contributed by atoms with Crippen molar-refractivity contribution >= 4 is 28.4 Å². The molecule has 2 heterocycles. The smallest absolute Gasteiger partial charge is 0.270 e. The van der Waals surface area contributed by atoms with Gasteiger partial charge in [0.25, 0.3) is 5.91 Å². The maximum absolute atomic E-state index is 13.7. The molecular weight excluding hydrogens is 378 g/mol. The van der Waals surface area contributed by atoms with Crippen LogP contribution in [0.1, 0.15) is 27.8 Å². The molecule has 2 aliphatic heterocycles. The summed E-state index contributed by atoms with van der Waals surface area (Å²) in [6.45, 7) is 4.66. The molecule has 4 nitrogen and oxygen atoms in total. The van der Waals surface area contributed by atoms with E-state index in [9.17, 15) is 4.79 Å². The predicted octanol–water partition coefficient (Wildman–Crippen LogP) is 4.70. The Morgan fingerprint density at radius 1 is 0.966 bits per heavy atom. The third-order valence-corrected chi connectivity index (χ3v) is 6.73. The minimum absolute atomic E-state index is 0.0258. The monoisotopic (exact) mass is 399 g/mol. The third kappa shape index (κ3) is 2.93. The molecule has 0 saturated carbocycles. The molecule has 144 valence electrons. The van der Waals surface area contributed by atoms with Gasteiger partial charge in [0.05, 0.1) is 12.2 Å². The number of thioether (sulfide) groups is 1. The molecule has 3 aromatic carbocycles. The SMILES string of the molecule is Cc1ccc(C2=NNC3(S2)C(=O)N(Cc2ccccc2)c2ccc(C)cc23)cc1. The average molecular weight is 400 g/mol. The number of hydrogen-bond acceptors (Lipinski definition) is 4. The van der Waals surface area contributed by atoms with Gasteiger partial charge in [0, 0.05) is 11.1 Å². The molecule has 1 amide bonds. The zero-order chi connectivity index (χ0) is 20.0. The quantitative estimate of drug-likeness (QED) is 0.694. The molecule has 0 radical (unpaired) electrons. The zero-order valence-electron chi connectivity index (χ0n) is 16.3. The summed E-state index contributed by atoms with van der Waals surface area (Å²) in [5.41, 5.74) is 9.59. The first-order valence-electron chi connectivity index (χ1n) is 9.65. The lowest BCUT2D eigenvalue weighted by atomic mass is 10.1. The molecule has 1 atom stereocenters. The van der Waals surface area contributed by atoms with Crippen molar-refractivity contribution in [3.8, 4) is 0 Å². The van der Waals surface area contributed by atoms with E-state index in [1.165, 1.54) is 17.3 Å². The minimum atomic E-state index is -0.906. The Morgan fingerprint density at radius 3 is 2.45 bits per heavy atom. The number of nitrogens with one attached hydrogen (secondary N) is 1. The van der Waals surface area contributed by atoms with E-state index < -0.39 is 4.87 Å². The summed E-state index contributed by atoms with van der Waals surface area (Å²) in [6, 6.07) is 24.6. The molecule has 5 heteroatoms. The van der Waals surface area contributed by atoms with Crippen LogP contribution in [0.15, 0.2) is 77.9 Å². The normalized spacial score (nSPS) is 20.0. The van der Waals surface area contributed by atoms with Crippen LogP contribution >= 0.6 is 11.8 Å². The van der Waals surface area contributed by atoms with Crippen LogP contribution in [-0.2, 0) is 16.2 Å². The maximum Gasteiger partial charge on any atom is 0.270 e. The van der Waals surface area contributed by atoms with Crippen LogP contribution in [0.4, 0.5) is 5.69 Å². The van der Waals surface area contributed by atoms with E-state index in [2.05, 4.69) is 72.9 Å². The maximum atomic E-state index is 13.7. The van der Waals surface area contributed by atoms with E-state index in [4.69, 9.17) is 0 Å². The van der Waals surface area contributed by atoms with Crippen molar-refractivity contribution in [2.75, 3.05) is 4.90 Å². The summed E-state index contributed by atoms with van der Waals surface area (Å²) < 4.78 is 0. The lowest BCUT2D eigenvalue weighted by Gasteiger charge is -2.23. The summed E-state index contributed by atoms with van der Waals surface area (Å²) >= 11 is 1.50. The number of anilines is 1. The largest absolute Gasteiger partial charge is 0.304 e. The van der Waals surface area contributed by atoms with Gasteiger partial charge >= 0.3 is 0 Å². The topological polar surface area (TPSA) is 44.7 Å². The van der Waals surface area contributed by atoms with Crippen molar-refractivity contribution in [3.05, 3.63) is 101 Å². The van der Waals surface area contributed by atoms with E-state index >= 15 is 0 Å². The van der Waals surface area contributed by atoms with E-state index in [-0.39, 0.29) is 5.91 Å². The van der Waals surface area contributed by atoms with Crippen molar-refractivity contribution < 1.29 is 4.79 Å². The van der Waals surface area contributed by atoms with Gasteiger partial charge in [0.1, 0.15) is 5.04 Å². The van der Waals surface area contributed by atoms with Crippen LogP contribution in [0, 0.1) is 13.8 Å². The second-order valence-electron chi connectivity index (χ2n) is 7.58. The third-order valence-electron chi connectivity index (χ3n) is 5.42. The molecule has 0 fully saturated rings. The first-order valence-corrected chi connectivity index (χ1v) is 10.5. The summed E-state index contributed by atoms with van der Waals surface area (Å²) in [5, 5.41) is 5.41. The van der Waals surface area contributed by atoms with Crippen LogP contribution in [0.25, 0.3) is 0 Å². The van der Waals surface area contributed by atoms with Crippen LogP contribution in [0.3, 0.4) is 0 Å². The lowest BCUT2D eigenvalue weighted by molar-refractivity contribution is -0.121. The fourth-order valence-electron chi connectivity index (χ4n) is 3.85. The second kappa shape index (κ2) is 6.78. The molecule has 2 aliphatic rings. The van der Waals surface area contributed by atoms with Crippen LogP contribution in [-0.4, -0.2) is 11.0 Å². The zero-order valence-corrected chi connectivity index (χ0v) is 17.2. The first kappa shape index (κ1) is 18.0. The van der Waals surface area contributed by atoms with Crippen LogP contribution in [0.5, 0.6) is 0 Å². The molecule has 0 bridgehead atoms. The number of benzene rings is 3. The Morgan fingerprint density at radius 2 is 1.69 bits per heavy atom. The Labute approximate surface area is 174 Å². The standard InChI is InChI=1S/C24H21N3OS/c1-16-8-11-19(12-9-16)22-25-26-24(29-22)20-14-17(2)10-13-21(20)27(23(24)28)15-18-6-4-3-5-7-18/h3-14,26H,15H2,1-2H3. The van der Waals surface area contributed by atoms with Crippen molar-refractivity contribution in [2.24, 2.45) is 5.10 Å². The van der Waals surface area contributed by atoms with Gasteiger partial charge in [-0.15, -0.1) is 0 Å². The van der Waals surface area contributed by atoms with Crippen molar-refractivity contribution in [2.45, 2.75) is 25.3 Å². The summed E-state index contributed by atoms with van der Waals surface area (Å²) in [6.07, 6.45) is 0. The van der Waals surface area contributed by atoms with E-state index in [1.54, 1.807) is 0 Å². The molecule has 0 saturated heterocycles. The highest BCUT2D eigenvalue weighted by Gasteiger charge is 2.55. The number of fused-ring (bicyclic) bond motifs is 2. The second-order valence-corrected chi connectivity index (χ2v) is 8.78. The fraction of sp³-hybridized carbons (Fsp3) is 0.167.